The van der Waals surface area contributed by atoms with Crippen molar-refractivity contribution < 1.29 is 9.53 Å². The van der Waals surface area contributed by atoms with Crippen molar-refractivity contribution in [3.63, 3.8) is 0 Å². The lowest BCUT2D eigenvalue weighted by atomic mass is 9.99. The van der Waals surface area contributed by atoms with E-state index in [1.807, 2.05) is 56.3 Å². The highest BCUT2D eigenvalue weighted by Gasteiger charge is 2.20. The Morgan fingerprint density at radius 1 is 1.06 bits per heavy atom. The molecule has 0 unspecified atom stereocenters. The van der Waals surface area contributed by atoms with Gasteiger partial charge in [0.05, 0.1) is 23.3 Å². The van der Waals surface area contributed by atoms with Gasteiger partial charge in [-0.05, 0) is 30.0 Å². The van der Waals surface area contributed by atoms with Crippen LogP contribution in [-0.4, -0.2) is 22.4 Å². The number of nitrogens with one attached hydrogen (secondary N) is 1. The van der Waals surface area contributed by atoms with E-state index in [2.05, 4.69) is 34.7 Å². The minimum Gasteiger partial charge on any atom is -0.465 e. The van der Waals surface area contributed by atoms with Crippen LogP contribution < -0.4 is 10.9 Å². The van der Waals surface area contributed by atoms with Crippen molar-refractivity contribution >= 4 is 32.4 Å². The van der Waals surface area contributed by atoms with Crippen LogP contribution in [0.4, 0.5) is 5.00 Å². The molecule has 0 bridgehead atoms. The zero-order valence-electron chi connectivity index (χ0n) is 18.9. The first kappa shape index (κ1) is 22.7. The maximum Gasteiger partial charge on any atom is 0.327 e. The fourth-order valence-electron chi connectivity index (χ4n) is 3.81. The van der Waals surface area contributed by atoms with Crippen LogP contribution in [0.25, 0.3) is 10.1 Å². The van der Waals surface area contributed by atoms with Gasteiger partial charge in [-0.2, -0.15) is 5.10 Å². The van der Waals surface area contributed by atoms with Gasteiger partial charge in [-0.3, -0.25) is 9.59 Å². The van der Waals surface area contributed by atoms with E-state index in [1.54, 1.807) is 6.92 Å². The first-order valence-electron chi connectivity index (χ1n) is 11.0. The third kappa shape index (κ3) is 4.98. The maximum absolute atomic E-state index is 13.2. The summed E-state index contributed by atoms with van der Waals surface area (Å²) in [7, 11) is 0. The number of anilines is 1. The third-order valence-corrected chi connectivity index (χ3v) is 6.40. The van der Waals surface area contributed by atoms with Crippen molar-refractivity contribution in [2.75, 3.05) is 11.9 Å². The van der Waals surface area contributed by atoms with Gasteiger partial charge in [0, 0.05) is 5.39 Å². The van der Waals surface area contributed by atoms with Crippen LogP contribution >= 0.6 is 11.3 Å². The molecule has 0 saturated heterocycles. The van der Waals surface area contributed by atoms with Crippen molar-refractivity contribution in [2.45, 2.75) is 39.3 Å². The minimum atomic E-state index is -0.468. The van der Waals surface area contributed by atoms with E-state index >= 15 is 0 Å². The molecule has 7 heteroatoms. The van der Waals surface area contributed by atoms with E-state index in [1.165, 1.54) is 16.0 Å². The highest BCUT2D eigenvalue weighted by molar-refractivity contribution is 7.22. The van der Waals surface area contributed by atoms with Gasteiger partial charge in [0.1, 0.15) is 11.2 Å². The molecule has 0 aliphatic heterocycles. The van der Waals surface area contributed by atoms with E-state index in [-0.39, 0.29) is 30.7 Å². The second kappa shape index (κ2) is 10.0. The van der Waals surface area contributed by atoms with Crippen molar-refractivity contribution in [2.24, 2.45) is 0 Å². The summed E-state index contributed by atoms with van der Waals surface area (Å²) < 4.78 is 6.83. The summed E-state index contributed by atoms with van der Waals surface area (Å²) in [6, 6.07) is 22.4. The van der Waals surface area contributed by atoms with Crippen LogP contribution in [0.5, 0.6) is 0 Å². The smallest absolute Gasteiger partial charge is 0.327 e. The third-order valence-electron chi connectivity index (χ3n) is 5.35. The van der Waals surface area contributed by atoms with E-state index in [9.17, 15) is 9.59 Å². The number of hydrogen-bond donors (Lipinski definition) is 1. The Hall–Kier alpha value is -3.45. The molecule has 170 valence electrons. The number of ether oxygens (including phenoxy) is 1. The SMILES string of the molecule is CCOC(=O)Cn1nc(C(C)C)c2cc(NC(c3ccccc3)c3ccccc3)sc2c1=O. The normalized spacial score (nSPS) is 11.3. The molecule has 4 rings (SSSR count). The molecule has 0 amide bonds. The molecule has 2 heterocycles. The van der Waals surface area contributed by atoms with Crippen LogP contribution in [0.15, 0.2) is 71.5 Å². The Bertz CT molecular complexity index is 1260. The molecule has 0 fully saturated rings. The van der Waals surface area contributed by atoms with Crippen LogP contribution in [-0.2, 0) is 16.1 Å². The molecule has 0 atom stereocenters. The lowest BCUT2D eigenvalue weighted by Gasteiger charge is -2.20. The van der Waals surface area contributed by atoms with Crippen molar-refractivity contribution in [3.8, 4) is 0 Å². The van der Waals surface area contributed by atoms with Gasteiger partial charge in [0.2, 0.25) is 0 Å². The van der Waals surface area contributed by atoms with Crippen molar-refractivity contribution in [1.29, 1.82) is 0 Å². The Balaban J connectivity index is 1.77. The molecule has 0 aliphatic rings. The summed E-state index contributed by atoms with van der Waals surface area (Å²) >= 11 is 1.39. The van der Waals surface area contributed by atoms with Gasteiger partial charge in [0.25, 0.3) is 5.56 Å². The molecule has 0 radical (unpaired) electrons. The topological polar surface area (TPSA) is 73.2 Å². The number of aromatic nitrogens is 2. The number of rotatable bonds is 8. The molecular weight excluding hydrogens is 434 g/mol. The van der Waals surface area contributed by atoms with Crippen LogP contribution in [0, 0.1) is 0 Å². The predicted octanol–water partition coefficient (Wildman–Crippen LogP) is 5.35. The summed E-state index contributed by atoms with van der Waals surface area (Å²) in [5.74, 6) is -0.382. The summed E-state index contributed by atoms with van der Waals surface area (Å²) in [6.07, 6.45) is 0. The number of hydrogen-bond acceptors (Lipinski definition) is 6. The molecule has 2 aromatic carbocycles. The Morgan fingerprint density at radius 3 is 2.21 bits per heavy atom. The summed E-state index contributed by atoms with van der Waals surface area (Å²) in [6.45, 7) is 5.87. The second-order valence-corrected chi connectivity index (χ2v) is 9.11. The summed E-state index contributed by atoms with van der Waals surface area (Å²) in [5.41, 5.74) is 2.76. The van der Waals surface area contributed by atoms with Gasteiger partial charge in [-0.15, -0.1) is 11.3 Å². The number of carbonyl (C=O) groups is 1. The monoisotopic (exact) mass is 461 g/mol. The lowest BCUT2D eigenvalue weighted by Crippen LogP contribution is -2.28. The summed E-state index contributed by atoms with van der Waals surface area (Å²) in [5, 5.41) is 9.83. The molecule has 2 aromatic heterocycles. The van der Waals surface area contributed by atoms with Gasteiger partial charge in [-0.25, -0.2) is 4.68 Å². The van der Waals surface area contributed by atoms with E-state index in [0.717, 1.165) is 27.2 Å². The van der Waals surface area contributed by atoms with Gasteiger partial charge in [-0.1, -0.05) is 74.5 Å². The number of thiophene rings is 1. The van der Waals surface area contributed by atoms with Crippen LogP contribution in [0.2, 0.25) is 0 Å². The standard InChI is InChI=1S/C26H27N3O3S/c1-4-32-22(30)16-29-26(31)25-20(23(28-29)17(2)3)15-21(33-25)27-24(18-11-7-5-8-12-18)19-13-9-6-10-14-19/h5-15,17,24,27H,4,16H2,1-3H3. The number of fused-ring (bicyclic) bond motifs is 1. The van der Waals surface area contributed by atoms with Gasteiger partial charge in [0.15, 0.2) is 0 Å². The largest absolute Gasteiger partial charge is 0.465 e. The van der Waals surface area contributed by atoms with Gasteiger partial charge >= 0.3 is 5.97 Å². The van der Waals surface area contributed by atoms with Crippen molar-refractivity contribution in [3.05, 3.63) is 93.9 Å². The minimum absolute atomic E-state index is 0.0716. The average Bonchev–Trinajstić information content (AvgIpc) is 3.24. The number of nitrogens with zero attached hydrogens (tertiary/aromatic N) is 2. The van der Waals surface area contributed by atoms with Gasteiger partial charge < -0.3 is 10.1 Å². The predicted molar refractivity (Wildman–Crippen MR) is 133 cm³/mol. The zero-order valence-corrected chi connectivity index (χ0v) is 19.8. The van der Waals surface area contributed by atoms with Crippen molar-refractivity contribution in [1.82, 2.24) is 9.78 Å². The number of esters is 1. The van der Waals surface area contributed by atoms with Crippen LogP contribution in [0.1, 0.15) is 49.6 Å². The summed E-state index contributed by atoms with van der Waals surface area (Å²) in [4.78, 5) is 25.2. The Morgan fingerprint density at radius 2 is 1.67 bits per heavy atom. The maximum atomic E-state index is 13.2. The highest BCUT2D eigenvalue weighted by atomic mass is 32.1. The zero-order chi connectivity index (χ0) is 23.4. The second-order valence-electron chi connectivity index (χ2n) is 8.06. The molecule has 6 nitrogen and oxygen atoms in total. The van der Waals surface area contributed by atoms with E-state index < -0.39 is 5.97 Å². The van der Waals surface area contributed by atoms with E-state index in [4.69, 9.17) is 4.74 Å². The first-order valence-corrected chi connectivity index (χ1v) is 11.9. The molecule has 4 aromatic rings. The Labute approximate surface area is 196 Å². The lowest BCUT2D eigenvalue weighted by molar-refractivity contribution is -0.144. The fraction of sp³-hybridized carbons (Fsp3) is 0.269. The average molecular weight is 462 g/mol. The van der Waals surface area contributed by atoms with E-state index in [0.29, 0.717) is 4.70 Å². The molecule has 0 saturated carbocycles. The van der Waals surface area contributed by atoms with Crippen LogP contribution in [0.3, 0.4) is 0 Å². The highest BCUT2D eigenvalue weighted by Crippen LogP contribution is 2.35. The molecular formula is C26H27N3O3S. The quantitative estimate of drug-likeness (QED) is 0.358. The molecule has 0 spiro atoms. The Kier molecular flexibility index (Phi) is 6.89. The molecule has 33 heavy (non-hydrogen) atoms. The number of benzene rings is 2. The first-order chi connectivity index (χ1) is 16.0. The number of carbonyl (C=O) groups excluding carboxylic acids is 1. The molecule has 1 N–H and O–H groups in total. The fourth-order valence-corrected chi connectivity index (χ4v) is 4.85. The molecule has 0 aliphatic carbocycles.